The highest BCUT2D eigenvalue weighted by Crippen LogP contribution is 2.32. The molecule has 1 atom stereocenters. The highest BCUT2D eigenvalue weighted by molar-refractivity contribution is 7.89. The minimum Gasteiger partial charge on any atom is -0.444 e. The number of hydrogen-bond donors (Lipinski definition) is 3. The molecule has 3 aliphatic heterocycles. The molecule has 3 fully saturated rings. The standard InChI is InChI=1S/C38H53N7O7S/c1-37(2,3)52-36(48)39-29-13-19-45(20-14-29)53(50,51)30-8-6-7-26(21-30)23-38(4,49)25-43-16-11-27(12-17-43)28-9-10-31-32(41-42(5)33(31)22-28)24-44-18-15-34(46)40-35(44)47/h6-10,21-22,27,29,49H,11-20,23-25H2,1-5H3,(H,39,48)(H,40,46,47). The van der Waals surface area contributed by atoms with Crippen LogP contribution in [-0.4, -0.2) is 112 Å². The summed E-state index contributed by atoms with van der Waals surface area (Å²) in [7, 11) is -1.84. The average Bonchev–Trinajstić information content (AvgIpc) is 3.39. The summed E-state index contributed by atoms with van der Waals surface area (Å²) in [6, 6.07) is 12.7. The van der Waals surface area contributed by atoms with Crippen molar-refractivity contribution < 1.29 is 32.6 Å². The van der Waals surface area contributed by atoms with Gasteiger partial charge in [-0.1, -0.05) is 24.3 Å². The monoisotopic (exact) mass is 751 g/mol. The van der Waals surface area contributed by atoms with Gasteiger partial charge in [-0.05, 0) is 102 Å². The molecule has 0 spiro atoms. The summed E-state index contributed by atoms with van der Waals surface area (Å²) in [6.45, 7) is 10.6. The minimum absolute atomic E-state index is 0.155. The Kier molecular flexibility index (Phi) is 11.2. The normalized spacial score (nSPS) is 20.0. The number of piperidine rings is 2. The highest BCUT2D eigenvalue weighted by atomic mass is 32.2. The van der Waals surface area contributed by atoms with Gasteiger partial charge in [-0.2, -0.15) is 9.40 Å². The molecule has 3 saturated heterocycles. The molecule has 1 unspecified atom stereocenters. The van der Waals surface area contributed by atoms with Crippen LogP contribution in [0, 0.1) is 0 Å². The molecule has 14 nitrogen and oxygen atoms in total. The summed E-state index contributed by atoms with van der Waals surface area (Å²) in [5.74, 6) is 0.105. The van der Waals surface area contributed by atoms with E-state index < -0.39 is 27.3 Å². The maximum absolute atomic E-state index is 13.6. The van der Waals surface area contributed by atoms with Gasteiger partial charge in [0.15, 0.2) is 0 Å². The summed E-state index contributed by atoms with van der Waals surface area (Å²) < 4.78 is 35.8. The van der Waals surface area contributed by atoms with E-state index in [0.717, 1.165) is 48.1 Å². The van der Waals surface area contributed by atoms with Crippen LogP contribution < -0.4 is 10.6 Å². The van der Waals surface area contributed by atoms with Crippen LogP contribution in [0.1, 0.15) is 82.5 Å². The van der Waals surface area contributed by atoms with Crippen LogP contribution in [0.15, 0.2) is 47.4 Å². The van der Waals surface area contributed by atoms with Gasteiger partial charge in [0.25, 0.3) is 0 Å². The van der Waals surface area contributed by atoms with E-state index >= 15 is 0 Å². The third-order valence-electron chi connectivity index (χ3n) is 10.4. The first-order chi connectivity index (χ1) is 25.0. The zero-order valence-electron chi connectivity index (χ0n) is 31.4. The molecule has 0 saturated carbocycles. The van der Waals surface area contributed by atoms with E-state index in [-0.39, 0.29) is 29.3 Å². The SMILES string of the molecule is Cn1nc(CN2CCC(=O)NC2=O)c2ccc(C3CCN(CC(C)(O)Cc4cccc(S(=O)(=O)N5CCC(NC(=O)OC(C)(C)C)CC5)c4)CC3)cc21. The number of carbonyl (C=O) groups excluding carboxylic acids is 3. The van der Waals surface area contributed by atoms with Crippen molar-refractivity contribution in [1.82, 2.24) is 34.5 Å². The number of fused-ring (bicyclic) bond motifs is 1. The summed E-state index contributed by atoms with van der Waals surface area (Å²) in [5.41, 5.74) is 2.12. The molecule has 53 heavy (non-hydrogen) atoms. The Morgan fingerprint density at radius 3 is 2.40 bits per heavy atom. The van der Waals surface area contributed by atoms with Crippen molar-refractivity contribution in [2.45, 2.75) is 101 Å². The Morgan fingerprint density at radius 1 is 1.00 bits per heavy atom. The molecular weight excluding hydrogens is 699 g/mol. The van der Waals surface area contributed by atoms with Crippen molar-refractivity contribution in [3.05, 3.63) is 59.3 Å². The van der Waals surface area contributed by atoms with Crippen LogP contribution in [0.25, 0.3) is 10.9 Å². The van der Waals surface area contributed by atoms with E-state index in [1.807, 2.05) is 24.7 Å². The maximum atomic E-state index is 13.6. The Bertz CT molecular complexity index is 1940. The number of aromatic nitrogens is 2. The zero-order chi connectivity index (χ0) is 38.1. The number of benzene rings is 2. The van der Waals surface area contributed by atoms with Crippen molar-refractivity contribution in [3.8, 4) is 0 Å². The van der Waals surface area contributed by atoms with E-state index in [1.165, 1.54) is 9.87 Å². The third kappa shape index (κ3) is 9.55. The number of sulfonamides is 1. The number of likely N-dealkylation sites (tertiary alicyclic amines) is 1. The molecular formula is C38H53N7O7S. The largest absolute Gasteiger partial charge is 0.444 e. The van der Waals surface area contributed by atoms with Crippen molar-refractivity contribution >= 4 is 39.0 Å². The van der Waals surface area contributed by atoms with Gasteiger partial charge in [-0.3, -0.25) is 14.8 Å². The lowest BCUT2D eigenvalue weighted by atomic mass is 9.87. The molecule has 3 N–H and O–H groups in total. The summed E-state index contributed by atoms with van der Waals surface area (Å²) in [4.78, 5) is 40.1. The molecule has 0 aliphatic carbocycles. The number of rotatable bonds is 10. The fourth-order valence-corrected chi connectivity index (χ4v) is 9.27. The van der Waals surface area contributed by atoms with E-state index in [9.17, 15) is 27.9 Å². The fourth-order valence-electron chi connectivity index (χ4n) is 7.73. The Hall–Kier alpha value is -4.05. The first-order valence-electron chi connectivity index (χ1n) is 18.5. The first kappa shape index (κ1) is 38.7. The number of β-amino-alcohol motifs (C(OH)–C–C–N with tert-alkyl or cyclic N) is 1. The van der Waals surface area contributed by atoms with Crippen LogP contribution in [-0.2, 0) is 39.6 Å². The number of amides is 4. The maximum Gasteiger partial charge on any atom is 0.407 e. The fraction of sp³-hybridized carbons (Fsp3) is 0.579. The van der Waals surface area contributed by atoms with Gasteiger partial charge < -0.3 is 25.0 Å². The second-order valence-electron chi connectivity index (χ2n) is 16.1. The van der Waals surface area contributed by atoms with Crippen LogP contribution in [0.3, 0.4) is 0 Å². The number of nitrogens with one attached hydrogen (secondary N) is 2. The lowest BCUT2D eigenvalue weighted by molar-refractivity contribution is -0.121. The topological polar surface area (TPSA) is 166 Å². The minimum atomic E-state index is -3.74. The van der Waals surface area contributed by atoms with Gasteiger partial charge in [0.2, 0.25) is 15.9 Å². The number of aliphatic hydroxyl groups is 1. The number of aryl methyl sites for hydroxylation is 1. The quantitative estimate of drug-likeness (QED) is 0.279. The predicted molar refractivity (Wildman–Crippen MR) is 200 cm³/mol. The van der Waals surface area contributed by atoms with Gasteiger partial charge >= 0.3 is 12.1 Å². The van der Waals surface area contributed by atoms with Crippen molar-refractivity contribution in [1.29, 1.82) is 0 Å². The summed E-state index contributed by atoms with van der Waals surface area (Å²) in [6.07, 6.45) is 2.96. The highest BCUT2D eigenvalue weighted by Gasteiger charge is 2.33. The van der Waals surface area contributed by atoms with E-state index in [1.54, 1.807) is 43.9 Å². The van der Waals surface area contributed by atoms with Crippen LogP contribution >= 0.6 is 0 Å². The van der Waals surface area contributed by atoms with Crippen LogP contribution in [0.2, 0.25) is 0 Å². The molecule has 6 rings (SSSR count). The molecule has 4 amide bonds. The molecule has 1 aromatic heterocycles. The molecule has 3 aliphatic rings. The van der Waals surface area contributed by atoms with Crippen LogP contribution in [0.5, 0.6) is 0 Å². The Balaban J connectivity index is 1.01. The molecule has 15 heteroatoms. The second-order valence-corrected chi connectivity index (χ2v) is 18.0. The molecule has 3 aromatic rings. The lowest BCUT2D eigenvalue weighted by Gasteiger charge is -2.37. The van der Waals surface area contributed by atoms with Gasteiger partial charge in [-0.15, -0.1) is 0 Å². The smallest absolute Gasteiger partial charge is 0.407 e. The molecule has 288 valence electrons. The van der Waals surface area contributed by atoms with E-state index in [2.05, 4.69) is 33.7 Å². The first-order valence-corrected chi connectivity index (χ1v) is 20.0. The number of carbonyl (C=O) groups is 3. The van der Waals surface area contributed by atoms with Gasteiger partial charge in [0.1, 0.15) is 5.60 Å². The van der Waals surface area contributed by atoms with Crippen molar-refractivity contribution in [3.63, 3.8) is 0 Å². The Morgan fingerprint density at radius 2 is 1.72 bits per heavy atom. The van der Waals surface area contributed by atoms with Gasteiger partial charge in [0.05, 0.1) is 28.3 Å². The second kappa shape index (κ2) is 15.4. The Labute approximate surface area is 311 Å². The number of nitrogens with zero attached hydrogens (tertiary/aromatic N) is 5. The number of urea groups is 1. The third-order valence-corrected chi connectivity index (χ3v) is 12.2. The van der Waals surface area contributed by atoms with Gasteiger partial charge in [-0.25, -0.2) is 18.0 Å². The predicted octanol–water partition coefficient (Wildman–Crippen LogP) is 3.87. The van der Waals surface area contributed by atoms with E-state index in [0.29, 0.717) is 57.9 Å². The van der Waals surface area contributed by atoms with Gasteiger partial charge in [0, 0.05) is 57.5 Å². The summed E-state index contributed by atoms with van der Waals surface area (Å²) >= 11 is 0. The lowest BCUT2D eigenvalue weighted by Crippen LogP contribution is -2.48. The zero-order valence-corrected chi connectivity index (χ0v) is 32.2. The number of imide groups is 1. The van der Waals surface area contributed by atoms with Crippen LogP contribution in [0.4, 0.5) is 9.59 Å². The number of alkyl carbamates (subject to hydrolysis) is 1. The van der Waals surface area contributed by atoms with Crippen molar-refractivity contribution in [2.75, 3.05) is 39.3 Å². The van der Waals surface area contributed by atoms with E-state index in [4.69, 9.17) is 9.84 Å². The number of hydrogen-bond acceptors (Lipinski definition) is 9. The van der Waals surface area contributed by atoms with Crippen molar-refractivity contribution in [2.24, 2.45) is 7.05 Å². The molecule has 0 radical (unpaired) electrons. The molecule has 0 bridgehead atoms. The number of ether oxygens (including phenoxy) is 1. The molecule has 4 heterocycles. The molecule has 2 aromatic carbocycles. The average molecular weight is 752 g/mol. The summed E-state index contributed by atoms with van der Waals surface area (Å²) in [5, 5.41) is 22.4.